The number of hydrogen-bond acceptors (Lipinski definition) is 7. The van der Waals surface area contributed by atoms with Gasteiger partial charge in [0.15, 0.2) is 11.0 Å². The van der Waals surface area contributed by atoms with Gasteiger partial charge in [0.25, 0.3) is 0 Å². The fraction of sp³-hybridized carbons (Fsp3) is 0.129. The van der Waals surface area contributed by atoms with Gasteiger partial charge in [0.2, 0.25) is 5.91 Å². The lowest BCUT2D eigenvalue weighted by molar-refractivity contribution is -0.113. The number of anilines is 1. The topological polar surface area (TPSA) is 87.5 Å². The van der Waals surface area contributed by atoms with E-state index in [1.165, 1.54) is 11.8 Å². The van der Waals surface area contributed by atoms with Crippen LogP contribution in [0.4, 0.5) is 5.69 Å². The third-order valence-electron chi connectivity index (χ3n) is 5.86. The number of ether oxygens (including phenoxy) is 3. The van der Waals surface area contributed by atoms with Gasteiger partial charge in [-0.15, -0.1) is 10.2 Å². The van der Waals surface area contributed by atoms with Crippen molar-refractivity contribution in [2.75, 3.05) is 18.2 Å². The lowest BCUT2D eigenvalue weighted by Crippen LogP contribution is -2.14. The Morgan fingerprint density at radius 1 is 0.750 bits per heavy atom. The monoisotopic (exact) mass is 552 g/mol. The van der Waals surface area contributed by atoms with Crippen molar-refractivity contribution in [1.29, 1.82) is 0 Å². The maximum absolute atomic E-state index is 12.8. The highest BCUT2D eigenvalue weighted by Gasteiger charge is 2.17. The Kier molecular flexibility index (Phi) is 8.95. The van der Waals surface area contributed by atoms with Gasteiger partial charge in [0.1, 0.15) is 30.5 Å². The highest BCUT2D eigenvalue weighted by Crippen LogP contribution is 2.25. The van der Waals surface area contributed by atoms with Crippen molar-refractivity contribution >= 4 is 23.4 Å². The molecule has 0 spiro atoms. The Hall–Kier alpha value is -4.76. The van der Waals surface area contributed by atoms with Crippen LogP contribution in [0.5, 0.6) is 17.2 Å². The van der Waals surface area contributed by atoms with Crippen molar-refractivity contribution < 1.29 is 19.0 Å². The van der Waals surface area contributed by atoms with Crippen LogP contribution >= 0.6 is 11.8 Å². The molecule has 0 bridgehead atoms. The van der Waals surface area contributed by atoms with E-state index in [4.69, 9.17) is 14.2 Å². The second kappa shape index (κ2) is 13.3. The summed E-state index contributed by atoms with van der Waals surface area (Å²) in [4.78, 5) is 12.8. The van der Waals surface area contributed by atoms with Crippen LogP contribution < -0.4 is 19.5 Å². The van der Waals surface area contributed by atoms with E-state index in [2.05, 4.69) is 15.5 Å². The average Bonchev–Trinajstić information content (AvgIpc) is 3.42. The van der Waals surface area contributed by atoms with Crippen molar-refractivity contribution in [2.45, 2.75) is 18.4 Å². The molecule has 4 aromatic carbocycles. The molecule has 8 nitrogen and oxygen atoms in total. The lowest BCUT2D eigenvalue weighted by atomic mass is 10.2. The number of carbonyl (C=O) groups is 1. The van der Waals surface area contributed by atoms with Gasteiger partial charge in [-0.1, -0.05) is 60.3 Å². The van der Waals surface area contributed by atoms with E-state index in [1.807, 2.05) is 114 Å². The van der Waals surface area contributed by atoms with Crippen molar-refractivity contribution in [3.8, 4) is 22.9 Å². The molecule has 0 aliphatic heterocycles. The third kappa shape index (κ3) is 7.21. The molecule has 1 N–H and O–H groups in total. The predicted molar refractivity (Wildman–Crippen MR) is 155 cm³/mol. The summed E-state index contributed by atoms with van der Waals surface area (Å²) >= 11 is 1.30. The second-order valence-corrected chi connectivity index (χ2v) is 9.61. The van der Waals surface area contributed by atoms with E-state index in [1.54, 1.807) is 7.11 Å². The van der Waals surface area contributed by atoms with Gasteiger partial charge < -0.3 is 19.5 Å². The van der Waals surface area contributed by atoms with Crippen molar-refractivity contribution in [3.05, 3.63) is 121 Å². The second-order valence-electron chi connectivity index (χ2n) is 8.67. The number of thioether (sulfide) groups is 1. The van der Waals surface area contributed by atoms with Crippen LogP contribution in [-0.4, -0.2) is 33.5 Å². The molecule has 202 valence electrons. The smallest absolute Gasteiger partial charge is 0.234 e. The number of para-hydroxylation sites is 1. The zero-order valence-corrected chi connectivity index (χ0v) is 22.7. The van der Waals surface area contributed by atoms with E-state index >= 15 is 0 Å². The van der Waals surface area contributed by atoms with E-state index in [0.717, 1.165) is 28.5 Å². The number of rotatable bonds is 12. The summed E-state index contributed by atoms with van der Waals surface area (Å²) in [5.74, 6) is 2.81. The maximum atomic E-state index is 12.8. The van der Waals surface area contributed by atoms with Crippen LogP contribution in [0.25, 0.3) is 5.69 Å². The molecule has 0 saturated heterocycles. The number of benzene rings is 4. The number of nitrogens with one attached hydrogen (secondary N) is 1. The van der Waals surface area contributed by atoms with E-state index in [9.17, 15) is 4.79 Å². The summed E-state index contributed by atoms with van der Waals surface area (Å²) in [7, 11) is 1.62. The molecule has 0 fully saturated rings. The normalized spacial score (nSPS) is 10.6. The molecule has 1 heterocycles. The fourth-order valence-corrected chi connectivity index (χ4v) is 4.62. The molecule has 1 amide bonds. The zero-order valence-electron chi connectivity index (χ0n) is 21.9. The van der Waals surface area contributed by atoms with Gasteiger partial charge in [-0.25, -0.2) is 0 Å². The van der Waals surface area contributed by atoms with E-state index < -0.39 is 0 Å². The molecular formula is C31H28N4O4S. The first-order valence-corrected chi connectivity index (χ1v) is 13.6. The van der Waals surface area contributed by atoms with Crippen LogP contribution in [0.15, 0.2) is 114 Å². The van der Waals surface area contributed by atoms with Crippen LogP contribution in [0, 0.1) is 0 Å². The molecule has 5 aromatic rings. The molecular weight excluding hydrogens is 524 g/mol. The third-order valence-corrected chi connectivity index (χ3v) is 6.79. The summed E-state index contributed by atoms with van der Waals surface area (Å²) in [6.07, 6.45) is 0. The SMILES string of the molecule is COc1ccc(-n2c(COc3ccccc3)nnc2SCC(=O)Nc2ccc(OCc3ccccc3)cc2)cc1. The van der Waals surface area contributed by atoms with E-state index in [0.29, 0.717) is 23.3 Å². The first-order valence-electron chi connectivity index (χ1n) is 12.6. The van der Waals surface area contributed by atoms with Gasteiger partial charge in [-0.3, -0.25) is 9.36 Å². The standard InChI is InChI=1S/C31H28N4O4S/c1-37-26-18-14-25(15-19-26)35-29(21-39-27-10-6-3-7-11-27)33-34-31(35)40-22-30(36)32-24-12-16-28(17-13-24)38-20-23-8-4-2-5-9-23/h2-19H,20-22H2,1H3,(H,32,36). The Bertz CT molecular complexity index is 1510. The summed E-state index contributed by atoms with van der Waals surface area (Å²) in [6.45, 7) is 0.699. The molecule has 0 saturated carbocycles. The number of nitrogens with zero attached hydrogens (tertiary/aromatic N) is 3. The predicted octanol–water partition coefficient (Wildman–Crippen LogP) is 6.16. The summed E-state index contributed by atoms with van der Waals surface area (Å²) < 4.78 is 18.9. The largest absolute Gasteiger partial charge is 0.497 e. The first kappa shape index (κ1) is 26.8. The molecule has 0 radical (unpaired) electrons. The van der Waals surface area contributed by atoms with Gasteiger partial charge in [-0.2, -0.15) is 0 Å². The molecule has 0 aliphatic carbocycles. The average molecular weight is 553 g/mol. The minimum Gasteiger partial charge on any atom is -0.497 e. The molecule has 0 atom stereocenters. The minimum absolute atomic E-state index is 0.153. The van der Waals surface area contributed by atoms with Gasteiger partial charge >= 0.3 is 0 Å². The Labute approximate surface area is 236 Å². The molecule has 0 unspecified atom stereocenters. The Morgan fingerprint density at radius 3 is 2.08 bits per heavy atom. The fourth-order valence-electron chi connectivity index (χ4n) is 3.85. The van der Waals surface area contributed by atoms with Gasteiger partial charge in [-0.05, 0) is 66.2 Å². The molecule has 5 rings (SSSR count). The van der Waals surface area contributed by atoms with Gasteiger partial charge in [0.05, 0.1) is 12.9 Å². The Balaban J connectivity index is 1.22. The van der Waals surface area contributed by atoms with Crippen LogP contribution in [-0.2, 0) is 18.0 Å². The molecule has 9 heteroatoms. The lowest BCUT2D eigenvalue weighted by Gasteiger charge is -2.12. The van der Waals surface area contributed by atoms with Gasteiger partial charge in [0, 0.05) is 11.4 Å². The quantitative estimate of drug-likeness (QED) is 0.185. The van der Waals surface area contributed by atoms with Crippen molar-refractivity contribution in [1.82, 2.24) is 14.8 Å². The van der Waals surface area contributed by atoms with Crippen LogP contribution in [0.3, 0.4) is 0 Å². The Morgan fingerprint density at radius 2 is 1.38 bits per heavy atom. The number of amides is 1. The summed E-state index contributed by atoms with van der Waals surface area (Å²) in [5, 5.41) is 12.2. The number of carbonyl (C=O) groups excluding carboxylic acids is 1. The van der Waals surface area contributed by atoms with Crippen LogP contribution in [0.1, 0.15) is 11.4 Å². The maximum Gasteiger partial charge on any atom is 0.234 e. The van der Waals surface area contributed by atoms with Crippen molar-refractivity contribution in [2.24, 2.45) is 0 Å². The number of hydrogen-bond donors (Lipinski definition) is 1. The molecule has 1 aromatic heterocycles. The first-order chi connectivity index (χ1) is 19.7. The van der Waals surface area contributed by atoms with Crippen LogP contribution in [0.2, 0.25) is 0 Å². The summed E-state index contributed by atoms with van der Waals surface area (Å²) in [6, 6.07) is 34.4. The van der Waals surface area contributed by atoms with E-state index in [-0.39, 0.29) is 18.3 Å². The number of aromatic nitrogens is 3. The highest BCUT2D eigenvalue weighted by atomic mass is 32.2. The summed E-state index contributed by atoms with van der Waals surface area (Å²) in [5.41, 5.74) is 2.62. The number of methoxy groups -OCH3 is 1. The molecule has 0 aliphatic rings. The van der Waals surface area contributed by atoms with Crippen molar-refractivity contribution in [3.63, 3.8) is 0 Å². The highest BCUT2D eigenvalue weighted by molar-refractivity contribution is 7.99. The minimum atomic E-state index is -0.158. The zero-order chi connectivity index (χ0) is 27.6. The molecule has 40 heavy (non-hydrogen) atoms.